The molecular formula is C23H18ClN5. The molecule has 3 aromatic heterocycles. The molecule has 0 saturated heterocycles. The van der Waals surface area contributed by atoms with Crippen molar-refractivity contribution in [3.63, 3.8) is 0 Å². The predicted molar refractivity (Wildman–Crippen MR) is 117 cm³/mol. The van der Waals surface area contributed by atoms with Crippen LogP contribution in [0.4, 0.5) is 5.82 Å². The first kappa shape index (κ1) is 17.5. The zero-order valence-electron chi connectivity index (χ0n) is 15.7. The predicted octanol–water partition coefficient (Wildman–Crippen LogP) is 5.40. The molecular weight excluding hydrogens is 382 g/mol. The third-order valence-corrected chi connectivity index (χ3v) is 5.15. The summed E-state index contributed by atoms with van der Waals surface area (Å²) < 4.78 is 3.81. The lowest BCUT2D eigenvalue weighted by molar-refractivity contribution is 0.890. The molecule has 0 saturated carbocycles. The second-order valence-corrected chi connectivity index (χ2v) is 7.39. The van der Waals surface area contributed by atoms with Gasteiger partial charge in [0.2, 0.25) is 0 Å². The molecule has 0 fully saturated rings. The smallest absolute Gasteiger partial charge is 0.139 e. The zero-order valence-corrected chi connectivity index (χ0v) is 16.5. The molecule has 2 N–H and O–H groups in total. The minimum Gasteiger partial charge on any atom is -0.383 e. The van der Waals surface area contributed by atoms with Crippen LogP contribution in [0.15, 0.2) is 79.0 Å². The normalized spacial score (nSPS) is 11.2. The minimum atomic E-state index is 0.573. The Bertz CT molecular complexity index is 1320. The number of nitrogens with two attached hydrogens (primary N) is 1. The SMILES string of the molecule is Cc1ccc2nc(-c3cc(-c4ccc(Cl)cc4)n(-c4ccccc4)n3)c(N)n2c1. The number of fused-ring (bicyclic) bond motifs is 1. The van der Waals surface area contributed by atoms with Crippen LogP contribution in [0.5, 0.6) is 0 Å². The zero-order chi connectivity index (χ0) is 20.0. The van der Waals surface area contributed by atoms with E-state index < -0.39 is 0 Å². The fourth-order valence-electron chi connectivity index (χ4n) is 3.45. The van der Waals surface area contributed by atoms with Crippen LogP contribution < -0.4 is 5.73 Å². The van der Waals surface area contributed by atoms with Crippen molar-refractivity contribution in [2.45, 2.75) is 6.92 Å². The van der Waals surface area contributed by atoms with Gasteiger partial charge in [-0.2, -0.15) is 5.10 Å². The van der Waals surface area contributed by atoms with Crippen molar-refractivity contribution in [3.8, 4) is 28.3 Å². The van der Waals surface area contributed by atoms with E-state index in [4.69, 9.17) is 27.4 Å². The number of pyridine rings is 1. The number of anilines is 1. The van der Waals surface area contributed by atoms with E-state index in [2.05, 4.69) is 0 Å². The molecule has 0 aliphatic rings. The summed E-state index contributed by atoms with van der Waals surface area (Å²) in [4.78, 5) is 4.72. The Labute approximate surface area is 173 Å². The van der Waals surface area contributed by atoms with E-state index in [1.54, 1.807) is 0 Å². The molecule has 6 heteroatoms. The lowest BCUT2D eigenvalue weighted by Crippen LogP contribution is -1.99. The van der Waals surface area contributed by atoms with Crippen LogP contribution >= 0.6 is 11.6 Å². The maximum absolute atomic E-state index is 6.43. The second kappa shape index (κ2) is 6.79. The maximum Gasteiger partial charge on any atom is 0.139 e. The van der Waals surface area contributed by atoms with E-state index in [0.29, 0.717) is 16.5 Å². The first-order chi connectivity index (χ1) is 14.1. The topological polar surface area (TPSA) is 61.1 Å². The van der Waals surface area contributed by atoms with Crippen LogP contribution in [0.25, 0.3) is 34.0 Å². The number of imidazole rings is 1. The van der Waals surface area contributed by atoms with Gasteiger partial charge in [-0.15, -0.1) is 0 Å². The van der Waals surface area contributed by atoms with E-state index in [-0.39, 0.29) is 0 Å². The number of aromatic nitrogens is 4. The fourth-order valence-corrected chi connectivity index (χ4v) is 3.57. The molecule has 0 aliphatic carbocycles. The van der Waals surface area contributed by atoms with Crippen LogP contribution in [0.2, 0.25) is 5.02 Å². The molecule has 0 radical (unpaired) electrons. The summed E-state index contributed by atoms with van der Waals surface area (Å²) in [7, 11) is 0. The highest BCUT2D eigenvalue weighted by Gasteiger charge is 2.18. The van der Waals surface area contributed by atoms with Gasteiger partial charge in [-0.25, -0.2) is 9.67 Å². The number of nitrogen functional groups attached to an aromatic ring is 1. The Morgan fingerprint density at radius 1 is 0.931 bits per heavy atom. The molecule has 0 amide bonds. The van der Waals surface area contributed by atoms with Crippen LogP contribution in [0, 0.1) is 6.92 Å². The van der Waals surface area contributed by atoms with Gasteiger partial charge in [0.25, 0.3) is 0 Å². The van der Waals surface area contributed by atoms with Gasteiger partial charge in [0, 0.05) is 16.8 Å². The number of benzene rings is 2. The van der Waals surface area contributed by atoms with Crippen LogP contribution in [-0.4, -0.2) is 19.2 Å². The van der Waals surface area contributed by atoms with Crippen LogP contribution in [0.1, 0.15) is 5.56 Å². The van der Waals surface area contributed by atoms with Crippen molar-refractivity contribution in [1.82, 2.24) is 19.2 Å². The molecule has 0 unspecified atom stereocenters. The van der Waals surface area contributed by atoms with Crippen molar-refractivity contribution in [3.05, 3.63) is 89.6 Å². The molecule has 2 aromatic carbocycles. The molecule has 0 atom stereocenters. The number of para-hydroxylation sites is 1. The number of rotatable bonds is 3. The van der Waals surface area contributed by atoms with Crippen molar-refractivity contribution in [2.75, 3.05) is 5.73 Å². The van der Waals surface area contributed by atoms with Gasteiger partial charge in [-0.1, -0.05) is 48.0 Å². The highest BCUT2D eigenvalue weighted by atomic mass is 35.5. The average Bonchev–Trinajstić information content (AvgIpc) is 3.31. The Kier molecular flexibility index (Phi) is 4.11. The third kappa shape index (κ3) is 3.05. The van der Waals surface area contributed by atoms with Crippen LogP contribution in [0.3, 0.4) is 0 Å². The van der Waals surface area contributed by atoms with Gasteiger partial charge in [0.05, 0.1) is 11.4 Å². The Morgan fingerprint density at radius 3 is 2.45 bits per heavy atom. The number of hydrogen-bond acceptors (Lipinski definition) is 3. The highest BCUT2D eigenvalue weighted by molar-refractivity contribution is 6.30. The van der Waals surface area contributed by atoms with Crippen molar-refractivity contribution >= 4 is 23.1 Å². The summed E-state index contributed by atoms with van der Waals surface area (Å²) in [6, 6.07) is 23.7. The van der Waals surface area contributed by atoms with Gasteiger partial charge in [0.15, 0.2) is 0 Å². The maximum atomic E-state index is 6.43. The van der Waals surface area contributed by atoms with E-state index >= 15 is 0 Å². The monoisotopic (exact) mass is 399 g/mol. The van der Waals surface area contributed by atoms with Crippen molar-refractivity contribution in [1.29, 1.82) is 0 Å². The van der Waals surface area contributed by atoms with E-state index in [0.717, 1.165) is 33.8 Å². The Balaban J connectivity index is 1.73. The number of aryl methyl sites for hydroxylation is 1. The largest absolute Gasteiger partial charge is 0.383 e. The molecule has 142 valence electrons. The first-order valence-corrected chi connectivity index (χ1v) is 9.64. The van der Waals surface area contributed by atoms with Crippen LogP contribution in [-0.2, 0) is 0 Å². The number of halogens is 1. The Morgan fingerprint density at radius 2 is 1.69 bits per heavy atom. The Hall–Kier alpha value is -3.57. The van der Waals surface area contributed by atoms with Gasteiger partial charge in [-0.3, -0.25) is 4.40 Å². The summed E-state index contributed by atoms with van der Waals surface area (Å²) in [5.41, 5.74) is 12.6. The van der Waals surface area contributed by atoms with E-state index in [9.17, 15) is 0 Å². The summed E-state index contributed by atoms with van der Waals surface area (Å²) in [5, 5.41) is 5.55. The fraction of sp³-hybridized carbons (Fsp3) is 0.0435. The molecule has 29 heavy (non-hydrogen) atoms. The van der Waals surface area contributed by atoms with Crippen molar-refractivity contribution in [2.24, 2.45) is 0 Å². The molecule has 0 aliphatic heterocycles. The minimum absolute atomic E-state index is 0.573. The molecule has 5 nitrogen and oxygen atoms in total. The standard InChI is InChI=1S/C23H18ClN5/c1-15-7-12-21-26-22(23(25)28(21)14-15)19-13-20(16-8-10-17(24)11-9-16)29(27-19)18-5-3-2-4-6-18/h2-14H,25H2,1H3. The van der Waals surface area contributed by atoms with Gasteiger partial charge >= 0.3 is 0 Å². The quantitative estimate of drug-likeness (QED) is 0.442. The average molecular weight is 400 g/mol. The van der Waals surface area contributed by atoms with Gasteiger partial charge < -0.3 is 5.73 Å². The molecule has 3 heterocycles. The van der Waals surface area contributed by atoms with Gasteiger partial charge in [0.1, 0.15) is 22.9 Å². The van der Waals surface area contributed by atoms with Gasteiger partial charge in [-0.05, 0) is 48.9 Å². The van der Waals surface area contributed by atoms with E-state index in [1.807, 2.05) is 95.0 Å². The summed E-state index contributed by atoms with van der Waals surface area (Å²) >= 11 is 6.08. The summed E-state index contributed by atoms with van der Waals surface area (Å²) in [5.74, 6) is 0.573. The summed E-state index contributed by atoms with van der Waals surface area (Å²) in [6.45, 7) is 2.03. The molecule has 5 aromatic rings. The van der Waals surface area contributed by atoms with Crippen molar-refractivity contribution < 1.29 is 0 Å². The lowest BCUT2D eigenvalue weighted by Gasteiger charge is -2.07. The third-order valence-electron chi connectivity index (χ3n) is 4.90. The highest BCUT2D eigenvalue weighted by Crippen LogP contribution is 2.32. The number of nitrogens with zero attached hydrogens (tertiary/aromatic N) is 4. The lowest BCUT2D eigenvalue weighted by atomic mass is 10.1. The van der Waals surface area contributed by atoms with E-state index in [1.165, 1.54) is 0 Å². The molecule has 0 bridgehead atoms. The second-order valence-electron chi connectivity index (χ2n) is 6.95. The molecule has 5 rings (SSSR count). The first-order valence-electron chi connectivity index (χ1n) is 9.26. The summed E-state index contributed by atoms with van der Waals surface area (Å²) in [6.07, 6.45) is 1.98. The molecule has 0 spiro atoms. The number of hydrogen-bond donors (Lipinski definition) is 1.